The van der Waals surface area contributed by atoms with Crippen molar-refractivity contribution < 1.29 is 23.1 Å². The smallest absolute Gasteiger partial charge is 0.425 e. The standard InChI is InChI=1S/C27H50N2O7Si2/c1-18-16-28(23(31)29(22(18)30)24(32)35-25(2,3)4)21-15-19(36-38(13,14)27(8,9)10)20(34-21)17-33-37(11,12)26(5,6)7/h16,19-21H,15,17H2,1-14H3/t19-,20+,21+/m0/s1. The largest absolute Gasteiger partial charge is 0.443 e. The molecule has 2 heterocycles. The molecule has 0 aromatic carbocycles. The van der Waals surface area contributed by atoms with Crippen molar-refractivity contribution in [1.29, 1.82) is 0 Å². The zero-order chi connectivity index (χ0) is 29.6. The first-order chi connectivity index (χ1) is 16.9. The highest BCUT2D eigenvalue weighted by atomic mass is 28.4. The average Bonchev–Trinajstić information content (AvgIpc) is 3.08. The van der Waals surface area contributed by atoms with E-state index in [-0.39, 0.29) is 21.7 Å². The molecule has 218 valence electrons. The van der Waals surface area contributed by atoms with Gasteiger partial charge in [0.15, 0.2) is 16.6 Å². The van der Waals surface area contributed by atoms with Crippen LogP contribution in [0.4, 0.5) is 4.79 Å². The predicted molar refractivity (Wildman–Crippen MR) is 155 cm³/mol. The number of ether oxygens (including phenoxy) is 2. The molecule has 0 spiro atoms. The number of hydrogen-bond donors (Lipinski definition) is 0. The summed E-state index contributed by atoms with van der Waals surface area (Å²) < 4.78 is 26.9. The van der Waals surface area contributed by atoms with Crippen LogP contribution in [0.5, 0.6) is 0 Å². The Bertz CT molecular complexity index is 1130. The highest BCUT2D eigenvalue weighted by Gasteiger charge is 2.47. The summed E-state index contributed by atoms with van der Waals surface area (Å²) in [5.41, 5.74) is -2.13. The SMILES string of the molecule is Cc1cn([C@H]2C[C@H](O[Si](C)(C)C(C)(C)C)[C@@H](CO[Si](C)(C)C(C)(C)C)O2)c(=O)n(C(=O)OC(C)(C)C)c1=O. The number of aromatic nitrogens is 2. The lowest BCUT2D eigenvalue weighted by atomic mass is 10.2. The topological polar surface area (TPSA) is 98.0 Å². The van der Waals surface area contributed by atoms with Crippen LogP contribution in [-0.4, -0.2) is 56.3 Å². The normalized spacial score (nSPS) is 21.6. The van der Waals surface area contributed by atoms with E-state index in [0.717, 1.165) is 0 Å². The minimum absolute atomic E-state index is 0.0205. The highest BCUT2D eigenvalue weighted by Crippen LogP contribution is 2.42. The van der Waals surface area contributed by atoms with Gasteiger partial charge >= 0.3 is 11.8 Å². The van der Waals surface area contributed by atoms with E-state index in [2.05, 4.69) is 67.7 Å². The monoisotopic (exact) mass is 570 g/mol. The van der Waals surface area contributed by atoms with Crippen molar-refractivity contribution in [3.8, 4) is 0 Å². The second kappa shape index (κ2) is 10.8. The van der Waals surface area contributed by atoms with Crippen molar-refractivity contribution in [1.82, 2.24) is 9.13 Å². The van der Waals surface area contributed by atoms with E-state index in [4.69, 9.17) is 18.3 Å². The third-order valence-corrected chi connectivity index (χ3v) is 17.0. The van der Waals surface area contributed by atoms with Gasteiger partial charge in [-0.05, 0) is 64.0 Å². The molecule has 1 aromatic heterocycles. The molecule has 1 fully saturated rings. The summed E-state index contributed by atoms with van der Waals surface area (Å²) in [6.07, 6.45) is -0.592. The Morgan fingerprint density at radius 3 is 1.97 bits per heavy atom. The van der Waals surface area contributed by atoms with Gasteiger partial charge in [0, 0.05) is 18.2 Å². The number of hydrogen-bond acceptors (Lipinski definition) is 7. The summed E-state index contributed by atoms with van der Waals surface area (Å²) in [5, 5.41) is 0.00501. The molecule has 3 atom stereocenters. The molecule has 1 aliphatic heterocycles. The molecular weight excluding hydrogens is 520 g/mol. The summed E-state index contributed by atoms with van der Waals surface area (Å²) in [4.78, 5) is 39.0. The zero-order valence-electron chi connectivity index (χ0n) is 26.0. The summed E-state index contributed by atoms with van der Waals surface area (Å²) in [7, 11) is -4.26. The van der Waals surface area contributed by atoms with E-state index in [1.54, 1.807) is 27.7 Å². The Morgan fingerprint density at radius 2 is 1.50 bits per heavy atom. The molecule has 0 bridgehead atoms. The molecule has 2 rings (SSSR count). The molecular formula is C27H50N2O7Si2. The van der Waals surface area contributed by atoms with E-state index in [0.29, 0.717) is 17.6 Å². The number of rotatable bonds is 6. The number of aryl methyl sites for hydroxylation is 1. The lowest BCUT2D eigenvalue weighted by molar-refractivity contribution is -0.0417. The van der Waals surface area contributed by atoms with Gasteiger partial charge in [-0.2, -0.15) is 4.57 Å². The van der Waals surface area contributed by atoms with Crippen LogP contribution in [0.2, 0.25) is 36.3 Å². The van der Waals surface area contributed by atoms with Crippen LogP contribution in [-0.2, 0) is 18.3 Å². The van der Waals surface area contributed by atoms with Gasteiger partial charge in [0.1, 0.15) is 17.9 Å². The predicted octanol–water partition coefficient (Wildman–Crippen LogP) is 5.80. The molecule has 1 aromatic rings. The van der Waals surface area contributed by atoms with Gasteiger partial charge in [-0.25, -0.2) is 9.59 Å². The van der Waals surface area contributed by atoms with Crippen molar-refractivity contribution in [2.24, 2.45) is 0 Å². The molecule has 38 heavy (non-hydrogen) atoms. The molecule has 0 radical (unpaired) electrons. The Hall–Kier alpha value is -1.54. The van der Waals surface area contributed by atoms with E-state index in [1.807, 2.05) is 0 Å². The Labute approximate surface area is 230 Å². The summed E-state index contributed by atoms with van der Waals surface area (Å²) in [6, 6.07) is 0. The Kier molecular flexibility index (Phi) is 9.28. The molecule has 11 heteroatoms. The quantitative estimate of drug-likeness (QED) is 0.399. The van der Waals surface area contributed by atoms with Crippen LogP contribution in [0, 0.1) is 6.92 Å². The van der Waals surface area contributed by atoms with Gasteiger partial charge in [0.2, 0.25) is 0 Å². The Balaban J connectivity index is 2.49. The van der Waals surface area contributed by atoms with Crippen molar-refractivity contribution in [2.45, 2.75) is 136 Å². The highest BCUT2D eigenvalue weighted by molar-refractivity contribution is 6.74. The van der Waals surface area contributed by atoms with Gasteiger partial charge in [-0.15, -0.1) is 0 Å². The number of nitrogens with zero attached hydrogens (tertiary/aromatic N) is 2. The molecule has 9 nitrogen and oxygen atoms in total. The first-order valence-corrected chi connectivity index (χ1v) is 19.2. The summed E-state index contributed by atoms with van der Waals surface area (Å²) >= 11 is 0. The zero-order valence-corrected chi connectivity index (χ0v) is 28.0. The van der Waals surface area contributed by atoms with Crippen molar-refractivity contribution >= 4 is 22.7 Å². The van der Waals surface area contributed by atoms with Crippen LogP contribution < -0.4 is 11.2 Å². The van der Waals surface area contributed by atoms with Crippen LogP contribution in [0.3, 0.4) is 0 Å². The third-order valence-electron chi connectivity index (χ3n) is 8.02. The van der Waals surface area contributed by atoms with Crippen LogP contribution >= 0.6 is 0 Å². The maximum absolute atomic E-state index is 13.5. The second-order valence-electron chi connectivity index (χ2n) is 14.5. The van der Waals surface area contributed by atoms with E-state index in [9.17, 15) is 14.4 Å². The van der Waals surface area contributed by atoms with E-state index >= 15 is 0 Å². The second-order valence-corrected chi connectivity index (χ2v) is 24.0. The molecule has 0 unspecified atom stereocenters. The van der Waals surface area contributed by atoms with E-state index < -0.39 is 51.9 Å². The van der Waals surface area contributed by atoms with Crippen LogP contribution in [0.25, 0.3) is 0 Å². The van der Waals surface area contributed by atoms with Gasteiger partial charge < -0.3 is 18.3 Å². The maximum atomic E-state index is 13.5. The summed E-state index contributed by atoms with van der Waals surface area (Å²) in [5.74, 6) is 0. The Morgan fingerprint density at radius 1 is 0.974 bits per heavy atom. The lowest BCUT2D eigenvalue weighted by Crippen LogP contribution is -2.48. The molecule has 0 N–H and O–H groups in total. The molecule has 1 saturated heterocycles. The van der Waals surface area contributed by atoms with E-state index in [1.165, 1.54) is 10.8 Å². The molecule has 0 aliphatic carbocycles. The van der Waals surface area contributed by atoms with Crippen molar-refractivity contribution in [2.75, 3.05) is 6.61 Å². The van der Waals surface area contributed by atoms with Crippen molar-refractivity contribution in [3.63, 3.8) is 0 Å². The first-order valence-electron chi connectivity index (χ1n) is 13.4. The van der Waals surface area contributed by atoms with Crippen LogP contribution in [0.15, 0.2) is 15.8 Å². The summed E-state index contributed by atoms with van der Waals surface area (Å²) in [6.45, 7) is 28.8. The fraction of sp³-hybridized carbons (Fsp3) is 0.815. The maximum Gasteiger partial charge on any atom is 0.425 e. The van der Waals surface area contributed by atoms with Gasteiger partial charge in [0.05, 0.1) is 12.7 Å². The number of carbonyl (C=O) groups excluding carboxylic acids is 1. The fourth-order valence-corrected chi connectivity index (χ4v) is 5.95. The number of carbonyl (C=O) groups is 1. The van der Waals surface area contributed by atoms with Crippen LogP contribution in [0.1, 0.15) is 80.5 Å². The molecule has 1 aliphatic rings. The lowest BCUT2D eigenvalue weighted by Gasteiger charge is -2.40. The minimum atomic E-state index is -2.18. The van der Waals surface area contributed by atoms with Gasteiger partial charge in [-0.3, -0.25) is 9.36 Å². The first kappa shape index (κ1) is 32.7. The van der Waals surface area contributed by atoms with Crippen molar-refractivity contribution in [3.05, 3.63) is 32.6 Å². The molecule has 0 saturated carbocycles. The minimum Gasteiger partial charge on any atom is -0.443 e. The van der Waals surface area contributed by atoms with Gasteiger partial charge in [0.25, 0.3) is 5.56 Å². The average molecular weight is 571 g/mol. The molecule has 0 amide bonds. The fourth-order valence-electron chi connectivity index (χ4n) is 3.58. The third kappa shape index (κ3) is 7.35. The van der Waals surface area contributed by atoms with Gasteiger partial charge in [-0.1, -0.05) is 41.5 Å².